The van der Waals surface area contributed by atoms with Gasteiger partial charge in [-0.25, -0.2) is 4.39 Å². The van der Waals surface area contributed by atoms with Gasteiger partial charge >= 0.3 is 0 Å². The molecule has 3 heteroatoms. The van der Waals surface area contributed by atoms with Crippen molar-refractivity contribution in [3.8, 4) is 17.9 Å². The molecule has 1 aromatic rings. The lowest BCUT2D eigenvalue weighted by Crippen LogP contribution is -1.83. The fourth-order valence-electron chi connectivity index (χ4n) is 0.789. The van der Waals surface area contributed by atoms with Crippen LogP contribution in [0.5, 0.6) is 0 Å². The molecule has 1 aromatic carbocycles. The normalized spacial score (nSPS) is 8.38. The van der Waals surface area contributed by atoms with E-state index in [0.717, 1.165) is 0 Å². The van der Waals surface area contributed by atoms with E-state index >= 15 is 0 Å². The van der Waals surface area contributed by atoms with Gasteiger partial charge in [0.15, 0.2) is 0 Å². The summed E-state index contributed by atoms with van der Waals surface area (Å²) in [4.78, 5) is 0. The predicted octanol–water partition coefficient (Wildman–Crippen LogP) is 2.74. The van der Waals surface area contributed by atoms with E-state index < -0.39 is 5.82 Å². The zero-order valence-electron chi connectivity index (χ0n) is 6.64. The van der Waals surface area contributed by atoms with Gasteiger partial charge in [-0.15, -0.1) is 0 Å². The second-order valence-corrected chi connectivity index (χ2v) is 2.64. The van der Waals surface area contributed by atoms with Crippen LogP contribution in [0.25, 0.3) is 0 Å². The molecule has 1 nitrogen and oxygen atoms in total. The molecular formula is C10H5ClFN. The van der Waals surface area contributed by atoms with Crippen LogP contribution in [-0.2, 0) is 0 Å². The highest BCUT2D eigenvalue weighted by molar-refractivity contribution is 6.31. The first-order valence-corrected chi connectivity index (χ1v) is 3.93. The van der Waals surface area contributed by atoms with Gasteiger partial charge in [0.1, 0.15) is 5.82 Å². The first kappa shape index (κ1) is 9.58. The van der Waals surface area contributed by atoms with Crippen molar-refractivity contribution >= 4 is 11.6 Å². The largest absolute Gasteiger partial charge is 0.206 e. The Morgan fingerprint density at radius 3 is 2.85 bits per heavy atom. The maximum Gasteiger partial charge on any atom is 0.140 e. The second kappa shape index (κ2) is 4.50. The van der Waals surface area contributed by atoms with E-state index in [-0.39, 0.29) is 17.0 Å². The Kier molecular flexibility index (Phi) is 3.31. The summed E-state index contributed by atoms with van der Waals surface area (Å²) in [6.07, 6.45) is 0.0741. The van der Waals surface area contributed by atoms with E-state index in [1.165, 1.54) is 12.1 Å². The molecule has 0 amide bonds. The third-order valence-electron chi connectivity index (χ3n) is 1.34. The average molecular weight is 194 g/mol. The summed E-state index contributed by atoms with van der Waals surface area (Å²) in [5, 5.41) is 8.47. The summed E-state index contributed by atoms with van der Waals surface area (Å²) in [6, 6.07) is 6.18. The molecule has 0 unspecified atom stereocenters. The van der Waals surface area contributed by atoms with Crippen LogP contribution in [0.4, 0.5) is 4.39 Å². The van der Waals surface area contributed by atoms with Gasteiger partial charge in [0.25, 0.3) is 0 Å². The van der Waals surface area contributed by atoms with Gasteiger partial charge < -0.3 is 0 Å². The zero-order chi connectivity index (χ0) is 9.68. The smallest absolute Gasteiger partial charge is 0.140 e. The minimum atomic E-state index is -0.460. The topological polar surface area (TPSA) is 23.8 Å². The van der Waals surface area contributed by atoms with E-state index in [9.17, 15) is 4.39 Å². The first-order valence-electron chi connectivity index (χ1n) is 3.55. The Labute approximate surface area is 80.8 Å². The second-order valence-electron chi connectivity index (χ2n) is 2.23. The molecular weight excluding hydrogens is 189 g/mol. The Balaban J connectivity index is 3.03. The maximum atomic E-state index is 13.0. The van der Waals surface area contributed by atoms with Crippen LogP contribution in [0.1, 0.15) is 12.0 Å². The van der Waals surface area contributed by atoms with Gasteiger partial charge in [-0.3, -0.25) is 0 Å². The number of nitriles is 1. The summed E-state index contributed by atoms with van der Waals surface area (Å²) in [6.45, 7) is 0. The number of hydrogen-bond acceptors (Lipinski definition) is 1. The van der Waals surface area contributed by atoms with Crippen molar-refractivity contribution in [3.05, 3.63) is 34.6 Å². The number of benzene rings is 1. The molecule has 0 saturated heterocycles. The van der Waals surface area contributed by atoms with Crippen molar-refractivity contribution in [1.29, 1.82) is 5.26 Å². The highest BCUT2D eigenvalue weighted by Gasteiger charge is 2.01. The summed E-state index contributed by atoms with van der Waals surface area (Å²) in [5.74, 6) is 4.54. The summed E-state index contributed by atoms with van der Waals surface area (Å²) in [7, 11) is 0. The van der Waals surface area contributed by atoms with Crippen LogP contribution < -0.4 is 0 Å². The van der Waals surface area contributed by atoms with Gasteiger partial charge in [-0.1, -0.05) is 29.5 Å². The molecule has 0 bridgehead atoms. The third kappa shape index (κ3) is 2.47. The standard InChI is InChI=1S/C10H5ClFN/c11-9-5-3-6-10(12)8(9)4-1-2-7-13/h3,5-6H,2H2. The molecule has 0 N–H and O–H groups in total. The third-order valence-corrected chi connectivity index (χ3v) is 1.66. The monoisotopic (exact) mass is 193 g/mol. The van der Waals surface area contributed by atoms with E-state index in [2.05, 4.69) is 11.8 Å². The van der Waals surface area contributed by atoms with Crippen molar-refractivity contribution in [2.24, 2.45) is 0 Å². The number of nitrogens with zero attached hydrogens (tertiary/aromatic N) is 1. The van der Waals surface area contributed by atoms with Gasteiger partial charge in [0, 0.05) is 0 Å². The van der Waals surface area contributed by atoms with Crippen molar-refractivity contribution in [1.82, 2.24) is 0 Å². The molecule has 0 fully saturated rings. The number of halogens is 2. The van der Waals surface area contributed by atoms with Crippen molar-refractivity contribution < 1.29 is 4.39 Å². The lowest BCUT2D eigenvalue weighted by Gasteiger charge is -1.95. The van der Waals surface area contributed by atoms with Crippen molar-refractivity contribution in [3.63, 3.8) is 0 Å². The van der Waals surface area contributed by atoms with Crippen molar-refractivity contribution in [2.75, 3.05) is 0 Å². The van der Waals surface area contributed by atoms with Crippen LogP contribution in [0.2, 0.25) is 5.02 Å². The lowest BCUT2D eigenvalue weighted by atomic mass is 10.2. The Bertz CT molecular complexity index is 389. The van der Waals surface area contributed by atoms with Gasteiger partial charge in [-0.05, 0) is 12.1 Å². The van der Waals surface area contributed by atoms with E-state index in [1.54, 1.807) is 6.07 Å². The summed E-state index contributed by atoms with van der Waals surface area (Å²) >= 11 is 5.68. The molecule has 0 saturated carbocycles. The fraction of sp³-hybridized carbons (Fsp3) is 0.100. The van der Waals surface area contributed by atoms with Gasteiger partial charge in [0.05, 0.1) is 23.1 Å². The zero-order valence-corrected chi connectivity index (χ0v) is 7.40. The molecule has 1 rings (SSSR count). The summed E-state index contributed by atoms with van der Waals surface area (Å²) < 4.78 is 13.0. The predicted molar refractivity (Wildman–Crippen MR) is 48.5 cm³/mol. The quantitative estimate of drug-likeness (QED) is 0.582. The SMILES string of the molecule is N#CCC#Cc1c(F)cccc1Cl. The van der Waals surface area contributed by atoms with Crippen LogP contribution in [0.15, 0.2) is 18.2 Å². The maximum absolute atomic E-state index is 13.0. The highest BCUT2D eigenvalue weighted by atomic mass is 35.5. The van der Waals surface area contributed by atoms with Crippen LogP contribution in [-0.4, -0.2) is 0 Å². The first-order chi connectivity index (χ1) is 6.25. The Morgan fingerprint density at radius 1 is 1.46 bits per heavy atom. The lowest BCUT2D eigenvalue weighted by molar-refractivity contribution is 0.624. The van der Waals surface area contributed by atoms with E-state index in [4.69, 9.17) is 16.9 Å². The molecule has 0 aliphatic heterocycles. The molecule has 13 heavy (non-hydrogen) atoms. The molecule has 0 spiro atoms. The minimum absolute atomic E-state index is 0.0741. The molecule has 0 radical (unpaired) electrons. The van der Waals surface area contributed by atoms with Crippen LogP contribution in [0.3, 0.4) is 0 Å². The van der Waals surface area contributed by atoms with Gasteiger partial charge in [0.2, 0.25) is 0 Å². The van der Waals surface area contributed by atoms with Gasteiger partial charge in [-0.2, -0.15) is 5.26 Å². The summed E-state index contributed by atoms with van der Waals surface area (Å²) in [5.41, 5.74) is 0.152. The molecule has 0 heterocycles. The van der Waals surface area contributed by atoms with E-state index in [1.807, 2.05) is 6.07 Å². The Hall–Kier alpha value is -1.51. The molecule has 0 aliphatic rings. The number of hydrogen-bond donors (Lipinski definition) is 0. The fourth-order valence-corrected chi connectivity index (χ4v) is 1.000. The molecule has 0 atom stereocenters. The van der Waals surface area contributed by atoms with Crippen LogP contribution in [0, 0.1) is 29.0 Å². The molecule has 0 aliphatic carbocycles. The minimum Gasteiger partial charge on any atom is -0.206 e. The number of rotatable bonds is 0. The Morgan fingerprint density at radius 2 is 2.23 bits per heavy atom. The van der Waals surface area contributed by atoms with Crippen LogP contribution >= 0.6 is 11.6 Å². The molecule has 0 aromatic heterocycles. The highest BCUT2D eigenvalue weighted by Crippen LogP contribution is 2.17. The average Bonchev–Trinajstić information content (AvgIpc) is 2.10. The van der Waals surface area contributed by atoms with Crippen molar-refractivity contribution in [2.45, 2.75) is 6.42 Å². The van der Waals surface area contributed by atoms with E-state index in [0.29, 0.717) is 0 Å². The molecule has 64 valence electrons.